The highest BCUT2D eigenvalue weighted by molar-refractivity contribution is 6.00. The Morgan fingerprint density at radius 2 is 1.19 bits per heavy atom. The zero-order valence-corrected chi connectivity index (χ0v) is 11.0. The summed E-state index contributed by atoms with van der Waals surface area (Å²) in [5, 5.41) is 0. The lowest BCUT2D eigenvalue weighted by atomic mass is 9.68. The molecule has 0 aliphatic rings. The third kappa shape index (κ3) is 2.74. The molecule has 0 aliphatic carbocycles. The van der Waals surface area contributed by atoms with Crippen LogP contribution in [0.2, 0.25) is 0 Å². The van der Waals surface area contributed by atoms with Gasteiger partial charge in [-0.15, -0.1) is 0 Å². The van der Waals surface area contributed by atoms with Crippen LogP contribution in [0.3, 0.4) is 0 Å². The lowest BCUT2D eigenvalue weighted by molar-refractivity contribution is -0.179. The van der Waals surface area contributed by atoms with Gasteiger partial charge in [-0.05, 0) is 26.2 Å². The lowest BCUT2D eigenvalue weighted by Gasteiger charge is -2.36. The molecule has 0 saturated heterocycles. The summed E-state index contributed by atoms with van der Waals surface area (Å²) in [5.74, 6) is -1.05. The zero-order valence-electron chi connectivity index (χ0n) is 11.0. The molecule has 0 radical (unpaired) electrons. The highest BCUT2D eigenvalue weighted by atomic mass is 16.6. The van der Waals surface area contributed by atoms with Crippen LogP contribution >= 0.6 is 0 Å². The van der Waals surface area contributed by atoms with Gasteiger partial charge in [-0.2, -0.15) is 0 Å². The molecule has 4 heteroatoms. The van der Waals surface area contributed by atoms with Crippen LogP contribution in [0.1, 0.15) is 41.5 Å². The van der Waals surface area contributed by atoms with Crippen LogP contribution in [-0.4, -0.2) is 25.2 Å². The summed E-state index contributed by atoms with van der Waals surface area (Å²) in [6, 6.07) is 0. The number of carbonyl (C=O) groups is 2. The van der Waals surface area contributed by atoms with E-state index in [2.05, 4.69) is 0 Å². The van der Waals surface area contributed by atoms with Crippen LogP contribution in [0.25, 0.3) is 0 Å². The number of carbonyl (C=O) groups excluding carboxylic acids is 2. The monoisotopic (exact) mass is 230 g/mol. The first-order valence-electron chi connectivity index (χ1n) is 5.56. The Morgan fingerprint density at radius 3 is 1.38 bits per heavy atom. The van der Waals surface area contributed by atoms with Crippen LogP contribution in [0.4, 0.5) is 0 Å². The molecule has 0 N–H and O–H groups in total. The van der Waals surface area contributed by atoms with E-state index in [9.17, 15) is 9.59 Å². The van der Waals surface area contributed by atoms with E-state index in [-0.39, 0.29) is 13.2 Å². The minimum absolute atomic E-state index is 0.254. The highest BCUT2D eigenvalue weighted by Crippen LogP contribution is 2.40. The number of rotatable bonds is 4. The van der Waals surface area contributed by atoms with Crippen LogP contribution in [0.15, 0.2) is 0 Å². The Bertz CT molecular complexity index is 245. The van der Waals surface area contributed by atoms with Gasteiger partial charge >= 0.3 is 11.9 Å². The Kier molecular flexibility index (Phi) is 4.97. The summed E-state index contributed by atoms with van der Waals surface area (Å²) < 4.78 is 9.92. The molecule has 0 spiro atoms. The van der Waals surface area contributed by atoms with Gasteiger partial charge in [-0.1, -0.05) is 20.8 Å². The lowest BCUT2D eigenvalue weighted by Crippen LogP contribution is -2.49. The predicted molar refractivity (Wildman–Crippen MR) is 60.8 cm³/mol. The first kappa shape index (κ1) is 14.9. The van der Waals surface area contributed by atoms with Crippen molar-refractivity contribution in [2.45, 2.75) is 41.5 Å². The van der Waals surface area contributed by atoms with Gasteiger partial charge in [-0.3, -0.25) is 9.59 Å². The van der Waals surface area contributed by atoms with E-state index >= 15 is 0 Å². The molecule has 0 aromatic heterocycles. The van der Waals surface area contributed by atoms with Crippen molar-refractivity contribution in [2.75, 3.05) is 13.2 Å². The van der Waals surface area contributed by atoms with Gasteiger partial charge in [0.05, 0.1) is 13.2 Å². The summed E-state index contributed by atoms with van der Waals surface area (Å²) in [6.45, 7) is 11.0. The summed E-state index contributed by atoms with van der Waals surface area (Å²) in [6.07, 6.45) is 0. The number of ether oxygens (including phenoxy) is 2. The van der Waals surface area contributed by atoms with Gasteiger partial charge in [0.2, 0.25) is 0 Å². The Morgan fingerprint density at radius 1 is 0.875 bits per heavy atom. The molecule has 0 unspecified atom stereocenters. The maximum Gasteiger partial charge on any atom is 0.323 e. The van der Waals surface area contributed by atoms with Crippen molar-refractivity contribution in [3.63, 3.8) is 0 Å². The summed E-state index contributed by atoms with van der Waals surface area (Å²) in [7, 11) is 0. The normalized spacial score (nSPS) is 12.1. The van der Waals surface area contributed by atoms with Crippen molar-refractivity contribution >= 4 is 11.9 Å². The minimum Gasteiger partial charge on any atom is -0.465 e. The molecular formula is C12H22O4. The molecule has 16 heavy (non-hydrogen) atoms. The minimum atomic E-state index is -1.26. The van der Waals surface area contributed by atoms with Crippen molar-refractivity contribution in [3.05, 3.63) is 0 Å². The second-order valence-electron chi connectivity index (χ2n) is 4.82. The molecule has 0 aliphatic heterocycles. The van der Waals surface area contributed by atoms with Gasteiger partial charge < -0.3 is 9.47 Å². The first-order chi connectivity index (χ1) is 7.21. The van der Waals surface area contributed by atoms with Gasteiger partial charge in [0.15, 0.2) is 5.41 Å². The molecule has 0 aromatic rings. The molecule has 0 amide bonds. The van der Waals surface area contributed by atoms with E-state index in [1.165, 1.54) is 0 Å². The van der Waals surface area contributed by atoms with Gasteiger partial charge in [0, 0.05) is 0 Å². The zero-order chi connectivity index (χ0) is 13.0. The topological polar surface area (TPSA) is 52.6 Å². The smallest absolute Gasteiger partial charge is 0.323 e. The van der Waals surface area contributed by atoms with E-state index < -0.39 is 22.8 Å². The Hall–Kier alpha value is -1.06. The Balaban J connectivity index is 5.20. The van der Waals surface area contributed by atoms with Crippen LogP contribution < -0.4 is 0 Å². The maximum absolute atomic E-state index is 11.9. The fraction of sp³-hybridized carbons (Fsp3) is 0.833. The molecule has 4 nitrogen and oxygen atoms in total. The molecule has 0 saturated carbocycles. The first-order valence-corrected chi connectivity index (χ1v) is 5.56. The van der Waals surface area contributed by atoms with Crippen LogP contribution in [0, 0.1) is 10.8 Å². The molecule has 0 heterocycles. The largest absolute Gasteiger partial charge is 0.465 e. The van der Waals surface area contributed by atoms with Crippen molar-refractivity contribution in [2.24, 2.45) is 10.8 Å². The summed E-state index contributed by atoms with van der Waals surface area (Å²) in [4.78, 5) is 23.8. The van der Waals surface area contributed by atoms with Gasteiger partial charge in [0.25, 0.3) is 0 Å². The molecule has 94 valence electrons. The van der Waals surface area contributed by atoms with E-state index in [1.54, 1.807) is 20.8 Å². The number of hydrogen-bond donors (Lipinski definition) is 0. The number of esters is 2. The highest BCUT2D eigenvalue weighted by Gasteiger charge is 2.53. The summed E-state index contributed by atoms with van der Waals surface area (Å²) in [5.41, 5.74) is -1.81. The van der Waals surface area contributed by atoms with E-state index in [0.717, 1.165) is 0 Å². The molecule has 0 atom stereocenters. The Labute approximate surface area is 97.3 Å². The molecule has 0 rings (SSSR count). The van der Waals surface area contributed by atoms with Crippen molar-refractivity contribution < 1.29 is 19.1 Å². The second-order valence-corrected chi connectivity index (χ2v) is 4.82. The summed E-state index contributed by atoms with van der Waals surface area (Å²) >= 11 is 0. The number of hydrogen-bond acceptors (Lipinski definition) is 4. The van der Waals surface area contributed by atoms with E-state index in [0.29, 0.717) is 0 Å². The van der Waals surface area contributed by atoms with E-state index in [1.807, 2.05) is 20.8 Å². The molecule has 0 fully saturated rings. The fourth-order valence-corrected chi connectivity index (χ4v) is 1.25. The standard InChI is InChI=1S/C12H22O4/c1-7-15-9(13)12(6,11(3,4)5)10(14)16-8-2/h7-8H2,1-6H3. The van der Waals surface area contributed by atoms with Gasteiger partial charge in [0.1, 0.15) is 0 Å². The van der Waals surface area contributed by atoms with Crippen molar-refractivity contribution in [1.29, 1.82) is 0 Å². The van der Waals surface area contributed by atoms with Crippen molar-refractivity contribution in [3.8, 4) is 0 Å². The second kappa shape index (κ2) is 5.32. The third-order valence-corrected chi connectivity index (χ3v) is 2.87. The van der Waals surface area contributed by atoms with Gasteiger partial charge in [-0.25, -0.2) is 0 Å². The molecular weight excluding hydrogens is 208 g/mol. The van der Waals surface area contributed by atoms with E-state index in [4.69, 9.17) is 9.47 Å². The SMILES string of the molecule is CCOC(=O)C(C)(C(=O)OCC)C(C)(C)C. The average Bonchev–Trinajstić information content (AvgIpc) is 2.15. The molecule has 0 aromatic carbocycles. The average molecular weight is 230 g/mol. The van der Waals surface area contributed by atoms with Crippen molar-refractivity contribution in [1.82, 2.24) is 0 Å². The quantitative estimate of drug-likeness (QED) is 0.548. The van der Waals surface area contributed by atoms with Crippen LogP contribution in [-0.2, 0) is 19.1 Å². The predicted octanol–water partition coefficient (Wildman–Crippen LogP) is 2.17. The fourth-order valence-electron chi connectivity index (χ4n) is 1.25. The maximum atomic E-state index is 11.9. The molecule has 0 bridgehead atoms. The van der Waals surface area contributed by atoms with Crippen LogP contribution in [0.5, 0.6) is 0 Å². The third-order valence-electron chi connectivity index (χ3n) is 2.87.